The minimum atomic E-state index is -0.216. The number of hydrogen-bond donors (Lipinski definition) is 1. The summed E-state index contributed by atoms with van der Waals surface area (Å²) >= 11 is 5.91. The maximum absolute atomic E-state index is 11.9. The van der Waals surface area contributed by atoms with Crippen LogP contribution in [-0.2, 0) is 0 Å². The van der Waals surface area contributed by atoms with E-state index in [1.54, 1.807) is 31.2 Å². The molecule has 2 heterocycles. The number of halogens is 1. The fourth-order valence-electron chi connectivity index (χ4n) is 1.82. The maximum Gasteiger partial charge on any atom is 0.262 e. The Labute approximate surface area is 107 Å². The van der Waals surface area contributed by atoms with Crippen molar-refractivity contribution in [1.82, 2.24) is 9.97 Å². The lowest BCUT2D eigenvalue weighted by atomic mass is 10.2. The lowest BCUT2D eigenvalue weighted by Gasteiger charge is -2.00. The molecule has 0 atom stereocenters. The van der Waals surface area contributed by atoms with Gasteiger partial charge in [-0.1, -0.05) is 23.7 Å². The zero-order valence-electron chi connectivity index (χ0n) is 9.53. The largest absolute Gasteiger partial charge is 0.443 e. The maximum atomic E-state index is 11.9. The Morgan fingerprint density at radius 3 is 2.94 bits per heavy atom. The number of H-pyrrole nitrogens is 1. The third kappa shape index (κ3) is 1.80. The second kappa shape index (κ2) is 3.99. The molecule has 3 rings (SSSR count). The Morgan fingerprint density at radius 2 is 2.17 bits per heavy atom. The van der Waals surface area contributed by atoms with Gasteiger partial charge in [-0.2, -0.15) is 4.98 Å². The molecule has 0 bridgehead atoms. The fourth-order valence-corrected chi connectivity index (χ4v) is 2.01. The van der Waals surface area contributed by atoms with Crippen LogP contribution in [0, 0.1) is 6.92 Å². The lowest BCUT2D eigenvalue weighted by Crippen LogP contribution is -2.08. The number of benzene rings is 1. The lowest BCUT2D eigenvalue weighted by molar-refractivity contribution is 0.567. The summed E-state index contributed by atoms with van der Waals surface area (Å²) in [4.78, 5) is 18.9. The molecule has 3 aromatic rings. The molecule has 90 valence electrons. The standard InChI is InChI=1S/C13H9ClN2O2/c1-7-5-10-12(17)15-11(16-13(10)18-7)8-3-2-4-9(14)6-8/h2-6H,1H3,(H,15,16,17). The van der Waals surface area contributed by atoms with Crippen molar-refractivity contribution in [1.29, 1.82) is 0 Å². The van der Waals surface area contributed by atoms with Gasteiger partial charge in [0.1, 0.15) is 17.0 Å². The van der Waals surface area contributed by atoms with Gasteiger partial charge in [-0.15, -0.1) is 0 Å². The number of aromatic nitrogens is 2. The van der Waals surface area contributed by atoms with E-state index in [-0.39, 0.29) is 5.56 Å². The number of aromatic amines is 1. The van der Waals surface area contributed by atoms with Crippen molar-refractivity contribution in [3.8, 4) is 11.4 Å². The third-order valence-corrected chi connectivity index (χ3v) is 2.86. The molecule has 0 aliphatic rings. The first-order valence-corrected chi connectivity index (χ1v) is 5.78. The Morgan fingerprint density at radius 1 is 1.33 bits per heavy atom. The van der Waals surface area contributed by atoms with E-state index in [4.69, 9.17) is 16.0 Å². The number of nitrogens with one attached hydrogen (secondary N) is 1. The molecule has 1 aromatic carbocycles. The van der Waals surface area contributed by atoms with Gasteiger partial charge in [-0.25, -0.2) is 0 Å². The highest BCUT2D eigenvalue weighted by Crippen LogP contribution is 2.21. The average Bonchev–Trinajstić information content (AvgIpc) is 2.70. The highest BCUT2D eigenvalue weighted by atomic mass is 35.5. The van der Waals surface area contributed by atoms with E-state index in [0.29, 0.717) is 27.7 Å². The van der Waals surface area contributed by atoms with Crippen LogP contribution in [0.25, 0.3) is 22.5 Å². The highest BCUT2D eigenvalue weighted by Gasteiger charge is 2.09. The average molecular weight is 261 g/mol. The van der Waals surface area contributed by atoms with Crippen molar-refractivity contribution in [2.24, 2.45) is 0 Å². The van der Waals surface area contributed by atoms with Crippen molar-refractivity contribution in [2.75, 3.05) is 0 Å². The van der Waals surface area contributed by atoms with Crippen LogP contribution in [0.1, 0.15) is 5.76 Å². The van der Waals surface area contributed by atoms with E-state index in [0.717, 1.165) is 5.56 Å². The van der Waals surface area contributed by atoms with Crippen molar-refractivity contribution in [3.63, 3.8) is 0 Å². The van der Waals surface area contributed by atoms with Crippen LogP contribution < -0.4 is 5.56 Å². The summed E-state index contributed by atoms with van der Waals surface area (Å²) in [5.74, 6) is 1.11. The smallest absolute Gasteiger partial charge is 0.262 e. The minimum Gasteiger partial charge on any atom is -0.443 e. The predicted octanol–water partition coefficient (Wildman–Crippen LogP) is 3.14. The van der Waals surface area contributed by atoms with Gasteiger partial charge in [0.25, 0.3) is 5.56 Å². The van der Waals surface area contributed by atoms with Gasteiger partial charge in [0.15, 0.2) is 0 Å². The van der Waals surface area contributed by atoms with E-state index < -0.39 is 0 Å². The molecule has 0 unspecified atom stereocenters. The first-order valence-electron chi connectivity index (χ1n) is 5.40. The molecule has 18 heavy (non-hydrogen) atoms. The quantitative estimate of drug-likeness (QED) is 0.731. The Kier molecular flexibility index (Phi) is 2.45. The van der Waals surface area contributed by atoms with Crippen molar-refractivity contribution < 1.29 is 4.42 Å². The zero-order valence-corrected chi connectivity index (χ0v) is 10.3. The molecule has 2 aromatic heterocycles. The normalized spacial score (nSPS) is 11.0. The summed E-state index contributed by atoms with van der Waals surface area (Å²) in [5.41, 5.74) is 0.869. The first-order chi connectivity index (χ1) is 8.63. The van der Waals surface area contributed by atoms with E-state index in [1.807, 2.05) is 6.07 Å². The van der Waals surface area contributed by atoms with Crippen molar-refractivity contribution in [3.05, 3.63) is 51.5 Å². The monoisotopic (exact) mass is 260 g/mol. The molecule has 0 saturated carbocycles. The molecule has 0 saturated heterocycles. The molecular formula is C13H9ClN2O2. The number of nitrogens with zero attached hydrogens (tertiary/aromatic N) is 1. The fraction of sp³-hybridized carbons (Fsp3) is 0.0769. The number of rotatable bonds is 1. The van der Waals surface area contributed by atoms with Gasteiger partial charge in [0.05, 0.1) is 0 Å². The van der Waals surface area contributed by atoms with Gasteiger partial charge in [-0.3, -0.25) is 4.79 Å². The molecule has 1 N–H and O–H groups in total. The van der Waals surface area contributed by atoms with Crippen molar-refractivity contribution in [2.45, 2.75) is 6.92 Å². The topological polar surface area (TPSA) is 58.9 Å². The molecule has 0 spiro atoms. The molecule has 0 aliphatic heterocycles. The summed E-state index contributed by atoms with van der Waals surface area (Å²) < 4.78 is 5.38. The molecule has 0 amide bonds. The minimum absolute atomic E-state index is 0.216. The summed E-state index contributed by atoms with van der Waals surface area (Å²) in [7, 11) is 0. The van der Waals surface area contributed by atoms with E-state index in [9.17, 15) is 4.79 Å². The second-order valence-corrected chi connectivity index (χ2v) is 4.44. The van der Waals surface area contributed by atoms with E-state index in [2.05, 4.69) is 9.97 Å². The van der Waals surface area contributed by atoms with Crippen LogP contribution in [0.4, 0.5) is 0 Å². The molecule has 0 radical (unpaired) electrons. The summed E-state index contributed by atoms with van der Waals surface area (Å²) in [6.45, 7) is 1.78. The Balaban J connectivity index is 2.27. The van der Waals surface area contributed by atoms with Gasteiger partial charge < -0.3 is 9.40 Å². The van der Waals surface area contributed by atoms with Crippen LogP contribution in [0.15, 0.2) is 39.5 Å². The number of aryl methyl sites for hydroxylation is 1. The molecular weight excluding hydrogens is 252 g/mol. The van der Waals surface area contributed by atoms with E-state index >= 15 is 0 Å². The van der Waals surface area contributed by atoms with E-state index in [1.165, 1.54) is 0 Å². The summed E-state index contributed by atoms with van der Waals surface area (Å²) in [5, 5.41) is 1.05. The SMILES string of the molecule is Cc1cc2c(=O)[nH]c(-c3cccc(Cl)c3)nc2o1. The Bertz CT molecular complexity index is 789. The number of hydrogen-bond acceptors (Lipinski definition) is 3. The third-order valence-electron chi connectivity index (χ3n) is 2.62. The first kappa shape index (κ1) is 11.0. The van der Waals surface area contributed by atoms with Crippen molar-refractivity contribution >= 4 is 22.7 Å². The van der Waals surface area contributed by atoms with Crippen LogP contribution in [0.2, 0.25) is 5.02 Å². The molecule has 0 fully saturated rings. The summed E-state index contributed by atoms with van der Waals surface area (Å²) in [6, 6.07) is 8.80. The van der Waals surface area contributed by atoms with Crippen LogP contribution in [0.3, 0.4) is 0 Å². The summed E-state index contributed by atoms with van der Waals surface area (Å²) in [6.07, 6.45) is 0. The molecule has 4 nitrogen and oxygen atoms in total. The zero-order chi connectivity index (χ0) is 12.7. The van der Waals surface area contributed by atoms with Crippen LogP contribution in [0.5, 0.6) is 0 Å². The second-order valence-electron chi connectivity index (χ2n) is 4.00. The number of fused-ring (bicyclic) bond motifs is 1. The van der Waals surface area contributed by atoms with Gasteiger partial charge in [-0.05, 0) is 25.1 Å². The molecule has 5 heteroatoms. The van der Waals surface area contributed by atoms with Crippen LogP contribution in [-0.4, -0.2) is 9.97 Å². The highest BCUT2D eigenvalue weighted by molar-refractivity contribution is 6.30. The van der Waals surface area contributed by atoms with Crippen LogP contribution >= 0.6 is 11.6 Å². The predicted molar refractivity (Wildman–Crippen MR) is 69.8 cm³/mol. The molecule has 0 aliphatic carbocycles. The van der Waals surface area contributed by atoms with Gasteiger partial charge >= 0.3 is 0 Å². The van der Waals surface area contributed by atoms with Gasteiger partial charge in [0, 0.05) is 10.6 Å². The Hall–Kier alpha value is -2.07. The van der Waals surface area contributed by atoms with Gasteiger partial charge in [0.2, 0.25) is 5.71 Å². The number of furan rings is 1.